The summed E-state index contributed by atoms with van der Waals surface area (Å²) in [5.74, 6) is 2.07. The summed E-state index contributed by atoms with van der Waals surface area (Å²) in [7, 11) is 2.25. The molecule has 0 aromatic carbocycles. The first-order chi connectivity index (χ1) is 8.74. The van der Waals surface area contributed by atoms with Crippen LogP contribution in [0.5, 0.6) is 0 Å². The molecule has 0 radical (unpaired) electrons. The van der Waals surface area contributed by atoms with Crippen molar-refractivity contribution in [2.45, 2.75) is 64.3 Å². The van der Waals surface area contributed by atoms with Crippen molar-refractivity contribution in [3.05, 3.63) is 0 Å². The van der Waals surface area contributed by atoms with Gasteiger partial charge in [-0.25, -0.2) is 0 Å². The van der Waals surface area contributed by atoms with Crippen LogP contribution in [0.15, 0.2) is 0 Å². The third-order valence-electron chi connectivity index (χ3n) is 5.13. The van der Waals surface area contributed by atoms with Crippen LogP contribution in [0.4, 0.5) is 0 Å². The van der Waals surface area contributed by atoms with Crippen LogP contribution in [0.1, 0.15) is 58.3 Å². The molecule has 2 rings (SSSR count). The molecule has 102 valence electrons. The second-order valence-corrected chi connectivity index (χ2v) is 6.51. The van der Waals surface area contributed by atoms with E-state index in [2.05, 4.69) is 24.9 Å². The fraction of sp³-hybridized carbons (Fsp3) is 0.938. The number of rotatable bonds is 5. The van der Waals surface area contributed by atoms with E-state index in [4.69, 9.17) is 0 Å². The van der Waals surface area contributed by atoms with Crippen LogP contribution in [0, 0.1) is 29.1 Å². The van der Waals surface area contributed by atoms with E-state index in [1.807, 2.05) is 0 Å². The van der Waals surface area contributed by atoms with Gasteiger partial charge in [-0.2, -0.15) is 5.26 Å². The number of nitrogens with zero attached hydrogens (tertiary/aromatic N) is 2. The van der Waals surface area contributed by atoms with Gasteiger partial charge in [0.15, 0.2) is 0 Å². The summed E-state index contributed by atoms with van der Waals surface area (Å²) in [6.07, 6.45) is 10.5. The maximum atomic E-state index is 9.36. The first-order valence-electron chi connectivity index (χ1n) is 7.84. The zero-order valence-corrected chi connectivity index (χ0v) is 12.1. The summed E-state index contributed by atoms with van der Waals surface area (Å²) in [4.78, 5) is 2.51. The summed E-state index contributed by atoms with van der Waals surface area (Å²) in [5, 5.41) is 9.36. The molecule has 2 nitrogen and oxygen atoms in total. The summed E-state index contributed by atoms with van der Waals surface area (Å²) >= 11 is 0. The molecular formula is C16H28N2. The van der Waals surface area contributed by atoms with Gasteiger partial charge >= 0.3 is 0 Å². The van der Waals surface area contributed by atoms with Gasteiger partial charge in [-0.15, -0.1) is 0 Å². The van der Waals surface area contributed by atoms with Crippen LogP contribution in [-0.2, 0) is 0 Å². The van der Waals surface area contributed by atoms with E-state index < -0.39 is 0 Å². The molecule has 0 saturated heterocycles. The van der Waals surface area contributed by atoms with Crippen LogP contribution in [-0.4, -0.2) is 24.5 Å². The molecule has 2 aliphatic rings. The normalized spacial score (nSPS) is 33.1. The largest absolute Gasteiger partial charge is 0.302 e. The van der Waals surface area contributed by atoms with Crippen molar-refractivity contribution in [3.63, 3.8) is 0 Å². The van der Waals surface area contributed by atoms with Crippen molar-refractivity contribution in [1.29, 1.82) is 5.26 Å². The van der Waals surface area contributed by atoms with Crippen LogP contribution >= 0.6 is 0 Å². The highest BCUT2D eigenvalue weighted by atomic mass is 15.1. The molecule has 0 bridgehead atoms. The molecule has 2 heteroatoms. The average Bonchev–Trinajstić information content (AvgIpc) is 2.34. The second kappa shape index (κ2) is 6.57. The van der Waals surface area contributed by atoms with Crippen LogP contribution < -0.4 is 0 Å². The molecule has 3 unspecified atom stereocenters. The van der Waals surface area contributed by atoms with E-state index in [1.165, 1.54) is 51.5 Å². The zero-order chi connectivity index (χ0) is 13.0. The molecule has 18 heavy (non-hydrogen) atoms. The molecule has 0 aliphatic heterocycles. The SMILES string of the molecule is CCCC1CCC(C#N)C(N(C)CC2CCC2)C1. The van der Waals surface area contributed by atoms with Crippen LogP contribution in [0.2, 0.25) is 0 Å². The molecule has 0 spiro atoms. The van der Waals surface area contributed by atoms with Crippen molar-refractivity contribution >= 4 is 0 Å². The smallest absolute Gasteiger partial charge is 0.0672 e. The minimum absolute atomic E-state index is 0.281. The van der Waals surface area contributed by atoms with E-state index in [-0.39, 0.29) is 5.92 Å². The monoisotopic (exact) mass is 248 g/mol. The van der Waals surface area contributed by atoms with Crippen molar-refractivity contribution in [2.75, 3.05) is 13.6 Å². The third-order valence-corrected chi connectivity index (χ3v) is 5.13. The summed E-state index contributed by atoms with van der Waals surface area (Å²) in [5.41, 5.74) is 0. The number of nitriles is 1. The van der Waals surface area contributed by atoms with E-state index in [0.717, 1.165) is 18.3 Å². The predicted octanol–water partition coefficient (Wildman–Crippen LogP) is 3.83. The van der Waals surface area contributed by atoms with Crippen molar-refractivity contribution in [3.8, 4) is 6.07 Å². The van der Waals surface area contributed by atoms with Gasteiger partial charge in [0.25, 0.3) is 0 Å². The highest BCUT2D eigenvalue weighted by Gasteiger charge is 2.34. The lowest BCUT2D eigenvalue weighted by atomic mass is 9.76. The Morgan fingerprint density at radius 2 is 1.94 bits per heavy atom. The van der Waals surface area contributed by atoms with Crippen LogP contribution in [0.3, 0.4) is 0 Å². The van der Waals surface area contributed by atoms with Gasteiger partial charge in [-0.3, -0.25) is 0 Å². The van der Waals surface area contributed by atoms with Gasteiger partial charge < -0.3 is 4.90 Å². The molecule has 0 N–H and O–H groups in total. The highest BCUT2D eigenvalue weighted by Crippen LogP contribution is 2.35. The summed E-state index contributed by atoms with van der Waals surface area (Å²) < 4.78 is 0. The number of hydrogen-bond acceptors (Lipinski definition) is 2. The lowest BCUT2D eigenvalue weighted by Gasteiger charge is -2.41. The molecule has 0 heterocycles. The van der Waals surface area contributed by atoms with E-state index in [1.54, 1.807) is 0 Å². The Kier molecular flexibility index (Phi) is 5.06. The lowest BCUT2D eigenvalue weighted by Crippen LogP contribution is -2.44. The average molecular weight is 248 g/mol. The summed E-state index contributed by atoms with van der Waals surface area (Å²) in [6.45, 7) is 3.51. The maximum Gasteiger partial charge on any atom is 0.0672 e. The van der Waals surface area contributed by atoms with Crippen molar-refractivity contribution < 1.29 is 0 Å². The number of hydrogen-bond donors (Lipinski definition) is 0. The van der Waals surface area contributed by atoms with Gasteiger partial charge in [0, 0.05) is 12.6 Å². The topological polar surface area (TPSA) is 27.0 Å². The van der Waals surface area contributed by atoms with Crippen LogP contribution in [0.25, 0.3) is 0 Å². The van der Waals surface area contributed by atoms with Gasteiger partial charge in [-0.05, 0) is 51.0 Å². The van der Waals surface area contributed by atoms with Gasteiger partial charge in [0.2, 0.25) is 0 Å². The summed E-state index contributed by atoms with van der Waals surface area (Å²) in [6, 6.07) is 3.09. The van der Waals surface area contributed by atoms with E-state index >= 15 is 0 Å². The third kappa shape index (κ3) is 3.26. The van der Waals surface area contributed by atoms with E-state index in [9.17, 15) is 5.26 Å². The Balaban J connectivity index is 1.89. The minimum atomic E-state index is 0.281. The van der Waals surface area contributed by atoms with E-state index in [0.29, 0.717) is 6.04 Å². The van der Waals surface area contributed by atoms with Crippen molar-refractivity contribution in [2.24, 2.45) is 17.8 Å². The lowest BCUT2D eigenvalue weighted by molar-refractivity contribution is 0.0902. The van der Waals surface area contributed by atoms with Gasteiger partial charge in [0.05, 0.1) is 12.0 Å². The fourth-order valence-corrected chi connectivity index (χ4v) is 3.76. The predicted molar refractivity (Wildman–Crippen MR) is 75.1 cm³/mol. The quantitative estimate of drug-likeness (QED) is 0.739. The molecular weight excluding hydrogens is 220 g/mol. The molecule has 2 aliphatic carbocycles. The van der Waals surface area contributed by atoms with Gasteiger partial charge in [-0.1, -0.05) is 26.2 Å². The molecule has 0 aromatic heterocycles. The maximum absolute atomic E-state index is 9.36. The zero-order valence-electron chi connectivity index (χ0n) is 12.1. The standard InChI is InChI=1S/C16H28N2/c1-3-5-13-8-9-15(11-17)16(10-13)18(2)12-14-6-4-7-14/h13-16H,3-10,12H2,1-2H3. The second-order valence-electron chi connectivity index (χ2n) is 6.51. The highest BCUT2D eigenvalue weighted by molar-refractivity contribution is 4.97. The Morgan fingerprint density at radius 3 is 2.50 bits per heavy atom. The van der Waals surface area contributed by atoms with Crippen molar-refractivity contribution in [1.82, 2.24) is 4.90 Å². The molecule has 0 amide bonds. The van der Waals surface area contributed by atoms with Gasteiger partial charge in [0.1, 0.15) is 0 Å². The fourth-order valence-electron chi connectivity index (χ4n) is 3.76. The first-order valence-corrected chi connectivity index (χ1v) is 7.84. The first kappa shape index (κ1) is 13.9. The Morgan fingerprint density at radius 1 is 1.17 bits per heavy atom. The minimum Gasteiger partial charge on any atom is -0.302 e. The molecule has 0 aromatic rings. The Bertz CT molecular complexity index is 290. The Hall–Kier alpha value is -0.550. The molecule has 2 fully saturated rings. The Labute approximate surface area is 112 Å². The molecule has 3 atom stereocenters. The molecule has 2 saturated carbocycles.